The summed E-state index contributed by atoms with van der Waals surface area (Å²) in [5.41, 5.74) is 0. The van der Waals surface area contributed by atoms with E-state index in [4.69, 9.17) is 4.42 Å². The van der Waals surface area contributed by atoms with Crippen molar-refractivity contribution >= 4 is 34.0 Å². The first-order chi connectivity index (χ1) is 10.6. The van der Waals surface area contributed by atoms with Gasteiger partial charge in [0.1, 0.15) is 5.76 Å². The van der Waals surface area contributed by atoms with Crippen molar-refractivity contribution in [2.24, 2.45) is 40.6 Å². The van der Waals surface area contributed by atoms with Crippen LogP contribution in [0.15, 0.2) is 38.5 Å². The third kappa shape index (κ3) is 1.56. The third-order valence-corrected chi connectivity index (χ3v) is 5.96. The predicted molar refractivity (Wildman–Crippen MR) is 80.6 cm³/mol. The van der Waals surface area contributed by atoms with Crippen LogP contribution in [0.5, 0.6) is 0 Å². The molecule has 0 N–H and O–H groups in total. The van der Waals surface area contributed by atoms with E-state index in [1.165, 1.54) is 12.6 Å². The fourth-order valence-corrected chi connectivity index (χ4v) is 4.89. The molecule has 0 spiro atoms. The maximum absolute atomic E-state index is 12.6. The molecule has 22 heavy (non-hydrogen) atoms. The number of hydrazone groups is 1. The Morgan fingerprint density at radius 2 is 1.77 bits per heavy atom. The van der Waals surface area contributed by atoms with Crippen molar-refractivity contribution in [1.82, 2.24) is 5.01 Å². The summed E-state index contributed by atoms with van der Waals surface area (Å²) in [6, 6.07) is 3.47. The number of hydrogen-bond acceptors (Lipinski definition) is 4. The quantitative estimate of drug-likeness (QED) is 0.462. The van der Waals surface area contributed by atoms with Crippen molar-refractivity contribution in [3.63, 3.8) is 0 Å². The highest BCUT2D eigenvalue weighted by Gasteiger charge is 2.67. The van der Waals surface area contributed by atoms with Gasteiger partial charge in [-0.05, 0) is 58.2 Å². The van der Waals surface area contributed by atoms with E-state index in [1.54, 1.807) is 12.1 Å². The van der Waals surface area contributed by atoms with Gasteiger partial charge in [0.15, 0.2) is 4.67 Å². The van der Waals surface area contributed by atoms with E-state index >= 15 is 0 Å². The number of halogens is 1. The van der Waals surface area contributed by atoms with E-state index in [0.29, 0.717) is 22.3 Å². The number of nitrogens with zero attached hydrogens (tertiary/aromatic N) is 2. The summed E-state index contributed by atoms with van der Waals surface area (Å²) >= 11 is 3.21. The van der Waals surface area contributed by atoms with Gasteiger partial charge in [-0.25, -0.2) is 0 Å². The molecule has 2 saturated carbocycles. The maximum Gasteiger partial charge on any atom is 0.254 e. The largest absolute Gasteiger partial charge is 0.448 e. The highest BCUT2D eigenvalue weighted by atomic mass is 79.9. The Hall–Kier alpha value is -1.69. The van der Waals surface area contributed by atoms with E-state index in [2.05, 4.69) is 33.2 Å². The standard InChI is InChI=1S/C16H13BrN2O3/c17-12-4-1-7(22-12)6-18-19-15(20)13-8-2-3-9(11-5-10(8)11)14(13)16(19)21/h1-4,6,8-11,13-14H,5H2/b18-6-/t8-,9-,10-,11+,13+,14-/m1/s1. The van der Waals surface area contributed by atoms with Gasteiger partial charge >= 0.3 is 0 Å². The van der Waals surface area contributed by atoms with Crippen LogP contribution in [0.3, 0.4) is 0 Å². The lowest BCUT2D eigenvalue weighted by Gasteiger charge is -2.37. The van der Waals surface area contributed by atoms with Gasteiger partial charge in [0.05, 0.1) is 18.1 Å². The SMILES string of the molecule is O=C1[C@@H]2[C@@H]3C=C[C@H]([C@H]4C[C@@H]34)[C@@H]2C(=O)N1/N=C\c1ccc(Br)o1. The number of hydrogen-bond donors (Lipinski definition) is 0. The molecule has 1 saturated heterocycles. The maximum atomic E-state index is 12.6. The topological polar surface area (TPSA) is 62.9 Å². The molecule has 6 rings (SSSR count). The number of rotatable bonds is 2. The Morgan fingerprint density at radius 3 is 2.32 bits per heavy atom. The van der Waals surface area contributed by atoms with Crippen LogP contribution < -0.4 is 0 Å². The van der Waals surface area contributed by atoms with Crippen molar-refractivity contribution in [2.75, 3.05) is 0 Å². The van der Waals surface area contributed by atoms with Gasteiger partial charge in [-0.15, -0.1) is 0 Å². The van der Waals surface area contributed by atoms with Crippen LogP contribution in [0.1, 0.15) is 12.2 Å². The first-order valence-electron chi connectivity index (χ1n) is 7.50. The summed E-state index contributed by atoms with van der Waals surface area (Å²) in [4.78, 5) is 25.3. The van der Waals surface area contributed by atoms with Gasteiger partial charge in [0.2, 0.25) is 0 Å². The molecule has 4 aliphatic carbocycles. The van der Waals surface area contributed by atoms with E-state index < -0.39 is 0 Å². The molecular formula is C16H13BrN2O3. The van der Waals surface area contributed by atoms with Crippen molar-refractivity contribution in [3.8, 4) is 0 Å². The fraction of sp³-hybridized carbons (Fsp3) is 0.438. The summed E-state index contributed by atoms with van der Waals surface area (Å²) < 4.78 is 5.90. The average Bonchev–Trinajstić information content (AvgIpc) is 3.19. The second-order valence-corrected chi connectivity index (χ2v) is 7.31. The average molecular weight is 361 g/mol. The minimum atomic E-state index is -0.202. The van der Waals surface area contributed by atoms with Crippen LogP contribution in [0.4, 0.5) is 0 Å². The number of furan rings is 1. The lowest BCUT2D eigenvalue weighted by atomic mass is 9.63. The monoisotopic (exact) mass is 360 g/mol. The van der Waals surface area contributed by atoms with Crippen LogP contribution in [0.25, 0.3) is 0 Å². The number of amides is 2. The van der Waals surface area contributed by atoms with Crippen LogP contribution in [-0.2, 0) is 9.59 Å². The molecule has 5 nitrogen and oxygen atoms in total. The molecule has 5 aliphatic rings. The van der Waals surface area contributed by atoms with E-state index in [-0.39, 0.29) is 35.5 Å². The summed E-state index contributed by atoms with van der Waals surface area (Å²) in [7, 11) is 0. The molecule has 1 aromatic rings. The lowest BCUT2D eigenvalue weighted by Crippen LogP contribution is -2.40. The zero-order valence-electron chi connectivity index (χ0n) is 11.6. The van der Waals surface area contributed by atoms with E-state index in [0.717, 1.165) is 5.01 Å². The predicted octanol–water partition coefficient (Wildman–Crippen LogP) is 2.43. The Morgan fingerprint density at radius 1 is 1.14 bits per heavy atom. The Kier molecular flexibility index (Phi) is 2.44. The smallest absolute Gasteiger partial charge is 0.254 e. The van der Waals surface area contributed by atoms with Gasteiger partial charge in [-0.1, -0.05) is 12.2 Å². The molecule has 0 radical (unpaired) electrons. The highest BCUT2D eigenvalue weighted by molar-refractivity contribution is 9.10. The second-order valence-electron chi connectivity index (χ2n) is 6.53. The van der Waals surface area contributed by atoms with Crippen LogP contribution >= 0.6 is 15.9 Å². The van der Waals surface area contributed by atoms with Crippen molar-refractivity contribution in [2.45, 2.75) is 6.42 Å². The molecule has 2 bridgehead atoms. The van der Waals surface area contributed by atoms with Crippen molar-refractivity contribution < 1.29 is 14.0 Å². The third-order valence-electron chi connectivity index (χ3n) is 5.53. The van der Waals surface area contributed by atoms with Crippen molar-refractivity contribution in [1.29, 1.82) is 0 Å². The summed E-state index contributed by atoms with van der Waals surface area (Å²) in [6.07, 6.45) is 6.90. The summed E-state index contributed by atoms with van der Waals surface area (Å²) in [5, 5.41) is 5.16. The molecule has 2 heterocycles. The lowest BCUT2D eigenvalue weighted by molar-refractivity contribution is -0.140. The molecule has 112 valence electrons. The molecule has 0 aromatic carbocycles. The first kappa shape index (κ1) is 12.8. The van der Waals surface area contributed by atoms with E-state index in [1.807, 2.05) is 0 Å². The summed E-state index contributed by atoms with van der Waals surface area (Å²) in [6.45, 7) is 0. The van der Waals surface area contributed by atoms with Crippen LogP contribution in [-0.4, -0.2) is 23.0 Å². The highest BCUT2D eigenvalue weighted by Crippen LogP contribution is 2.65. The van der Waals surface area contributed by atoms with Crippen LogP contribution in [0, 0.1) is 35.5 Å². The van der Waals surface area contributed by atoms with E-state index in [9.17, 15) is 9.59 Å². The number of carbonyl (C=O) groups excluding carboxylic acids is 2. The molecule has 2 amide bonds. The second kappa shape index (κ2) is 4.19. The molecule has 0 unspecified atom stereocenters. The normalized spacial score (nSPS) is 41.4. The number of imide groups is 1. The van der Waals surface area contributed by atoms with Crippen molar-refractivity contribution in [3.05, 3.63) is 34.7 Å². The Balaban J connectivity index is 1.46. The molecule has 1 aromatic heterocycles. The van der Waals surface area contributed by atoms with Gasteiger partial charge in [-0.3, -0.25) is 9.59 Å². The van der Waals surface area contributed by atoms with Gasteiger partial charge in [0, 0.05) is 0 Å². The van der Waals surface area contributed by atoms with Gasteiger partial charge in [-0.2, -0.15) is 10.1 Å². The zero-order chi connectivity index (χ0) is 15.0. The Labute approximate surface area is 135 Å². The Bertz CT molecular complexity index is 716. The molecule has 6 atom stereocenters. The molecular weight excluding hydrogens is 348 g/mol. The molecule has 3 fully saturated rings. The first-order valence-corrected chi connectivity index (χ1v) is 8.30. The number of allylic oxidation sites excluding steroid dienone is 2. The minimum Gasteiger partial charge on any atom is -0.448 e. The molecule has 6 heteroatoms. The summed E-state index contributed by atoms with van der Waals surface area (Å²) in [5.74, 6) is 1.48. The zero-order valence-corrected chi connectivity index (χ0v) is 13.1. The fourth-order valence-electron chi connectivity index (χ4n) is 4.57. The molecule has 1 aliphatic heterocycles. The van der Waals surface area contributed by atoms with Gasteiger partial charge in [0.25, 0.3) is 11.8 Å². The number of carbonyl (C=O) groups is 2. The van der Waals surface area contributed by atoms with Crippen LogP contribution in [0.2, 0.25) is 0 Å². The minimum absolute atomic E-state index is 0.151. The van der Waals surface area contributed by atoms with Gasteiger partial charge < -0.3 is 4.42 Å².